The molecule has 3 nitrogen and oxygen atoms in total. The zero-order valence-corrected chi connectivity index (χ0v) is 13.2. The summed E-state index contributed by atoms with van der Waals surface area (Å²) in [5, 5.41) is 10.6. The van der Waals surface area contributed by atoms with E-state index in [1.165, 1.54) is 11.1 Å². The van der Waals surface area contributed by atoms with E-state index in [1.54, 1.807) is 0 Å². The maximum absolute atomic E-state index is 10.6. The second-order valence-electron chi connectivity index (χ2n) is 6.63. The Bertz CT molecular complexity index is 499. The van der Waals surface area contributed by atoms with Crippen LogP contribution < -0.4 is 4.74 Å². The maximum atomic E-state index is 10.6. The lowest BCUT2D eigenvalue weighted by atomic mass is 9.83. The van der Waals surface area contributed by atoms with Crippen LogP contribution in [-0.4, -0.2) is 30.0 Å². The first-order valence-corrected chi connectivity index (χ1v) is 8.14. The van der Waals surface area contributed by atoms with Gasteiger partial charge in [0.15, 0.2) is 0 Å². The highest BCUT2D eigenvalue weighted by Gasteiger charge is 2.40. The highest BCUT2D eigenvalue weighted by Crippen LogP contribution is 2.36. The summed E-state index contributed by atoms with van der Waals surface area (Å²) in [4.78, 5) is 0. The van der Waals surface area contributed by atoms with Gasteiger partial charge in [-0.05, 0) is 49.8 Å². The SMILES string of the molecule is CC1OC(C)C(C(O)CCc2ccc3c(c2)CCO3)C1C. The summed E-state index contributed by atoms with van der Waals surface area (Å²) in [6.45, 7) is 7.18. The lowest BCUT2D eigenvalue weighted by Gasteiger charge is -2.24. The fourth-order valence-electron chi connectivity index (χ4n) is 3.86. The van der Waals surface area contributed by atoms with Crippen molar-refractivity contribution < 1.29 is 14.6 Å². The Morgan fingerprint density at radius 3 is 2.76 bits per heavy atom. The molecule has 0 aliphatic carbocycles. The van der Waals surface area contributed by atoms with Crippen molar-refractivity contribution in [3.8, 4) is 5.75 Å². The van der Waals surface area contributed by atoms with Crippen molar-refractivity contribution in [1.82, 2.24) is 0 Å². The standard InChI is InChI=1S/C18H26O3/c1-11-12(2)21-13(3)18(11)16(19)6-4-14-5-7-17-15(10-14)8-9-20-17/h5,7,10-13,16,18-19H,4,6,8-9H2,1-3H3. The average Bonchev–Trinajstić information content (AvgIpc) is 3.01. The molecule has 0 spiro atoms. The van der Waals surface area contributed by atoms with E-state index in [-0.39, 0.29) is 24.2 Å². The number of hydrogen-bond acceptors (Lipinski definition) is 3. The normalized spacial score (nSPS) is 32.8. The van der Waals surface area contributed by atoms with Crippen LogP contribution in [0.1, 0.15) is 38.3 Å². The van der Waals surface area contributed by atoms with Gasteiger partial charge in [-0.15, -0.1) is 0 Å². The van der Waals surface area contributed by atoms with Crippen LogP contribution in [0.3, 0.4) is 0 Å². The molecular weight excluding hydrogens is 264 g/mol. The molecule has 3 heteroatoms. The van der Waals surface area contributed by atoms with Crippen LogP contribution in [0.5, 0.6) is 5.75 Å². The van der Waals surface area contributed by atoms with E-state index in [1.807, 2.05) is 0 Å². The molecule has 0 radical (unpaired) electrons. The quantitative estimate of drug-likeness (QED) is 0.926. The summed E-state index contributed by atoms with van der Waals surface area (Å²) in [7, 11) is 0. The van der Waals surface area contributed by atoms with Crippen LogP contribution in [0.4, 0.5) is 0 Å². The van der Waals surface area contributed by atoms with Crippen molar-refractivity contribution in [3.05, 3.63) is 29.3 Å². The third-order valence-electron chi connectivity index (χ3n) is 5.25. The molecule has 1 fully saturated rings. The fourth-order valence-corrected chi connectivity index (χ4v) is 3.86. The molecule has 1 aromatic rings. The van der Waals surface area contributed by atoms with Gasteiger partial charge in [0.2, 0.25) is 0 Å². The third kappa shape index (κ3) is 2.95. The number of aryl methyl sites for hydroxylation is 1. The van der Waals surface area contributed by atoms with Gasteiger partial charge < -0.3 is 14.6 Å². The highest BCUT2D eigenvalue weighted by atomic mass is 16.5. The summed E-state index contributed by atoms with van der Waals surface area (Å²) in [6, 6.07) is 6.42. The van der Waals surface area contributed by atoms with Gasteiger partial charge in [-0.2, -0.15) is 0 Å². The molecule has 5 unspecified atom stereocenters. The molecular formula is C18H26O3. The molecule has 3 rings (SSSR count). The van der Waals surface area contributed by atoms with Crippen molar-refractivity contribution in [2.75, 3.05) is 6.61 Å². The van der Waals surface area contributed by atoms with Crippen LogP contribution in [-0.2, 0) is 17.6 Å². The minimum Gasteiger partial charge on any atom is -0.493 e. The first kappa shape index (κ1) is 14.9. The van der Waals surface area contributed by atoms with E-state index in [0.717, 1.165) is 31.6 Å². The Labute approximate surface area is 127 Å². The first-order chi connectivity index (χ1) is 10.1. The summed E-state index contributed by atoms with van der Waals surface area (Å²) in [5.41, 5.74) is 2.60. The van der Waals surface area contributed by atoms with Crippen molar-refractivity contribution in [2.45, 2.75) is 58.3 Å². The number of aliphatic hydroxyl groups is 1. The Hall–Kier alpha value is -1.06. The molecule has 2 heterocycles. The molecule has 21 heavy (non-hydrogen) atoms. The predicted molar refractivity (Wildman–Crippen MR) is 82.6 cm³/mol. The first-order valence-electron chi connectivity index (χ1n) is 8.14. The van der Waals surface area contributed by atoms with Crippen molar-refractivity contribution in [3.63, 3.8) is 0 Å². The number of rotatable bonds is 4. The van der Waals surface area contributed by atoms with E-state index < -0.39 is 0 Å². The topological polar surface area (TPSA) is 38.7 Å². The maximum Gasteiger partial charge on any atom is 0.122 e. The number of fused-ring (bicyclic) bond motifs is 1. The van der Waals surface area contributed by atoms with Crippen LogP contribution >= 0.6 is 0 Å². The van der Waals surface area contributed by atoms with Crippen LogP contribution in [0, 0.1) is 11.8 Å². The van der Waals surface area contributed by atoms with Crippen LogP contribution in [0.15, 0.2) is 18.2 Å². The summed E-state index contributed by atoms with van der Waals surface area (Å²) >= 11 is 0. The van der Waals surface area contributed by atoms with Crippen molar-refractivity contribution in [2.24, 2.45) is 11.8 Å². The number of benzene rings is 1. The molecule has 1 saturated heterocycles. The van der Waals surface area contributed by atoms with E-state index in [9.17, 15) is 5.11 Å². The van der Waals surface area contributed by atoms with Gasteiger partial charge in [-0.1, -0.05) is 19.1 Å². The highest BCUT2D eigenvalue weighted by molar-refractivity contribution is 5.39. The average molecular weight is 290 g/mol. The second kappa shape index (κ2) is 5.98. The molecule has 1 N–H and O–H groups in total. The lowest BCUT2D eigenvalue weighted by molar-refractivity contribution is 0.0212. The minimum absolute atomic E-state index is 0.151. The van der Waals surface area contributed by atoms with Gasteiger partial charge >= 0.3 is 0 Å². The van der Waals surface area contributed by atoms with Gasteiger partial charge in [0, 0.05) is 12.3 Å². The molecule has 116 valence electrons. The summed E-state index contributed by atoms with van der Waals surface area (Å²) in [5.74, 6) is 1.70. The molecule has 1 aromatic carbocycles. The molecule has 2 aliphatic heterocycles. The zero-order chi connectivity index (χ0) is 15.0. The van der Waals surface area contributed by atoms with E-state index in [4.69, 9.17) is 9.47 Å². The van der Waals surface area contributed by atoms with E-state index in [2.05, 4.69) is 39.0 Å². The number of ether oxygens (including phenoxy) is 2. The van der Waals surface area contributed by atoms with Crippen LogP contribution in [0.2, 0.25) is 0 Å². The lowest BCUT2D eigenvalue weighted by Crippen LogP contribution is -2.31. The zero-order valence-electron chi connectivity index (χ0n) is 13.2. The number of aliphatic hydroxyl groups excluding tert-OH is 1. The molecule has 0 aromatic heterocycles. The van der Waals surface area contributed by atoms with E-state index >= 15 is 0 Å². The largest absolute Gasteiger partial charge is 0.493 e. The molecule has 5 atom stereocenters. The van der Waals surface area contributed by atoms with Gasteiger partial charge in [-0.25, -0.2) is 0 Å². The Kier molecular flexibility index (Phi) is 4.23. The Morgan fingerprint density at radius 2 is 2.05 bits per heavy atom. The van der Waals surface area contributed by atoms with Gasteiger partial charge in [0.05, 0.1) is 24.9 Å². The van der Waals surface area contributed by atoms with Gasteiger partial charge in [0.25, 0.3) is 0 Å². The second-order valence-corrected chi connectivity index (χ2v) is 6.63. The van der Waals surface area contributed by atoms with Crippen molar-refractivity contribution in [1.29, 1.82) is 0 Å². The Balaban J connectivity index is 1.60. The monoisotopic (exact) mass is 290 g/mol. The predicted octanol–water partition coefficient (Wildman–Crippen LogP) is 2.97. The molecule has 2 aliphatic rings. The number of hydrogen-bond donors (Lipinski definition) is 1. The van der Waals surface area contributed by atoms with E-state index in [0.29, 0.717) is 5.92 Å². The fraction of sp³-hybridized carbons (Fsp3) is 0.667. The molecule has 0 bridgehead atoms. The summed E-state index contributed by atoms with van der Waals surface area (Å²) < 4.78 is 11.4. The van der Waals surface area contributed by atoms with Crippen LogP contribution in [0.25, 0.3) is 0 Å². The van der Waals surface area contributed by atoms with Crippen molar-refractivity contribution >= 4 is 0 Å². The molecule has 0 saturated carbocycles. The third-order valence-corrected chi connectivity index (χ3v) is 5.25. The smallest absolute Gasteiger partial charge is 0.122 e. The Morgan fingerprint density at radius 1 is 1.24 bits per heavy atom. The summed E-state index contributed by atoms with van der Waals surface area (Å²) in [6.07, 6.45) is 2.83. The van der Waals surface area contributed by atoms with Gasteiger partial charge in [-0.3, -0.25) is 0 Å². The molecule has 0 amide bonds. The van der Waals surface area contributed by atoms with Gasteiger partial charge in [0.1, 0.15) is 5.75 Å². The minimum atomic E-state index is -0.288.